The second kappa shape index (κ2) is 6.99. The summed E-state index contributed by atoms with van der Waals surface area (Å²) in [6.07, 6.45) is 4.69. The number of methoxy groups -OCH3 is 1. The molecule has 0 saturated carbocycles. The highest BCUT2D eigenvalue weighted by Crippen LogP contribution is 2.30. The highest BCUT2D eigenvalue weighted by atomic mass is 16.5. The molecule has 0 spiro atoms. The van der Waals surface area contributed by atoms with Gasteiger partial charge in [0.25, 0.3) is 0 Å². The Labute approximate surface area is 143 Å². The van der Waals surface area contributed by atoms with Crippen LogP contribution < -0.4 is 4.74 Å². The Morgan fingerprint density at radius 3 is 2.96 bits per heavy atom. The van der Waals surface area contributed by atoms with E-state index in [4.69, 9.17) is 13.9 Å². The summed E-state index contributed by atoms with van der Waals surface area (Å²) in [6, 6.07) is 10.6. The van der Waals surface area contributed by atoms with Crippen LogP contribution in [0.2, 0.25) is 0 Å². The van der Waals surface area contributed by atoms with Gasteiger partial charge in [-0.05, 0) is 61.1 Å². The summed E-state index contributed by atoms with van der Waals surface area (Å²) in [4.78, 5) is 2.44. The summed E-state index contributed by atoms with van der Waals surface area (Å²) in [7, 11) is 1.72. The van der Waals surface area contributed by atoms with E-state index in [0.29, 0.717) is 0 Å². The summed E-state index contributed by atoms with van der Waals surface area (Å²) in [5.41, 5.74) is 2.80. The van der Waals surface area contributed by atoms with Crippen molar-refractivity contribution in [2.24, 2.45) is 0 Å². The molecule has 1 fully saturated rings. The maximum absolute atomic E-state index is 6.06. The summed E-state index contributed by atoms with van der Waals surface area (Å²) in [5, 5.41) is 0. The molecule has 128 valence electrons. The van der Waals surface area contributed by atoms with E-state index in [2.05, 4.69) is 29.2 Å². The van der Waals surface area contributed by atoms with E-state index in [1.54, 1.807) is 7.11 Å². The van der Waals surface area contributed by atoms with Crippen LogP contribution in [0.25, 0.3) is 0 Å². The Morgan fingerprint density at radius 2 is 2.12 bits per heavy atom. The van der Waals surface area contributed by atoms with Crippen molar-refractivity contribution < 1.29 is 13.9 Å². The highest BCUT2D eigenvalue weighted by molar-refractivity contribution is 5.37. The fourth-order valence-corrected chi connectivity index (χ4v) is 3.69. The average Bonchev–Trinajstić information content (AvgIpc) is 3.10. The monoisotopic (exact) mass is 327 g/mol. The molecule has 2 aliphatic rings. The minimum atomic E-state index is 0.155. The van der Waals surface area contributed by atoms with Gasteiger partial charge in [0.2, 0.25) is 0 Å². The third-order valence-electron chi connectivity index (χ3n) is 5.06. The standard InChI is InChI=1S/C20H25NO3/c1-22-17-6-5-16-13-21(10-9-15(16)12-17)14-18-7-8-20(24-18)19-4-2-3-11-23-19/h5-8,12,19H,2-4,9-11,13-14H2,1H3. The van der Waals surface area contributed by atoms with Crippen molar-refractivity contribution in [1.82, 2.24) is 4.90 Å². The maximum atomic E-state index is 6.06. The zero-order chi connectivity index (χ0) is 16.4. The summed E-state index contributed by atoms with van der Waals surface area (Å²) in [6.45, 7) is 3.73. The Kier molecular flexibility index (Phi) is 4.58. The Balaban J connectivity index is 1.40. The van der Waals surface area contributed by atoms with Gasteiger partial charge in [-0.2, -0.15) is 0 Å². The zero-order valence-electron chi connectivity index (χ0n) is 14.3. The van der Waals surface area contributed by atoms with E-state index >= 15 is 0 Å². The second-order valence-corrected chi connectivity index (χ2v) is 6.75. The molecule has 1 aromatic heterocycles. The largest absolute Gasteiger partial charge is 0.497 e. The number of hydrogen-bond donors (Lipinski definition) is 0. The van der Waals surface area contributed by atoms with Crippen LogP contribution in [-0.4, -0.2) is 25.2 Å². The van der Waals surface area contributed by atoms with Crippen molar-refractivity contribution >= 4 is 0 Å². The number of nitrogens with zero attached hydrogens (tertiary/aromatic N) is 1. The molecule has 4 nitrogen and oxygen atoms in total. The minimum absolute atomic E-state index is 0.155. The first-order valence-electron chi connectivity index (χ1n) is 8.90. The van der Waals surface area contributed by atoms with Crippen molar-refractivity contribution in [1.29, 1.82) is 0 Å². The Morgan fingerprint density at radius 1 is 1.17 bits per heavy atom. The van der Waals surface area contributed by atoms with Crippen molar-refractivity contribution in [3.8, 4) is 5.75 Å². The summed E-state index contributed by atoms with van der Waals surface area (Å²) < 4.78 is 17.2. The van der Waals surface area contributed by atoms with Gasteiger partial charge in [-0.25, -0.2) is 0 Å². The van der Waals surface area contributed by atoms with Crippen LogP contribution in [0.3, 0.4) is 0 Å². The first-order chi connectivity index (χ1) is 11.8. The lowest BCUT2D eigenvalue weighted by Crippen LogP contribution is -2.29. The molecule has 2 aromatic rings. The first-order valence-corrected chi connectivity index (χ1v) is 8.90. The third kappa shape index (κ3) is 3.35. The van der Waals surface area contributed by atoms with E-state index in [1.807, 2.05) is 6.07 Å². The van der Waals surface area contributed by atoms with Gasteiger partial charge in [0.15, 0.2) is 0 Å². The lowest BCUT2D eigenvalue weighted by atomic mass is 9.99. The molecule has 0 bridgehead atoms. The molecule has 1 saturated heterocycles. The predicted octanol–water partition coefficient (Wildman–Crippen LogP) is 4.09. The molecule has 4 heteroatoms. The van der Waals surface area contributed by atoms with Crippen molar-refractivity contribution in [3.05, 3.63) is 53.0 Å². The molecule has 0 aliphatic carbocycles. The van der Waals surface area contributed by atoms with Gasteiger partial charge in [0.05, 0.1) is 13.7 Å². The van der Waals surface area contributed by atoms with Crippen LogP contribution in [0.1, 0.15) is 48.0 Å². The molecule has 4 rings (SSSR count). The average molecular weight is 327 g/mol. The molecule has 2 aliphatic heterocycles. The smallest absolute Gasteiger partial charge is 0.133 e. The van der Waals surface area contributed by atoms with Crippen LogP contribution >= 0.6 is 0 Å². The number of benzene rings is 1. The Hall–Kier alpha value is -1.78. The van der Waals surface area contributed by atoms with E-state index in [1.165, 1.54) is 24.0 Å². The molecule has 1 atom stereocenters. The lowest BCUT2D eigenvalue weighted by molar-refractivity contribution is 0.000800. The number of furan rings is 1. The number of fused-ring (bicyclic) bond motifs is 1. The van der Waals surface area contributed by atoms with E-state index < -0.39 is 0 Å². The molecule has 3 heterocycles. The summed E-state index contributed by atoms with van der Waals surface area (Å²) in [5.74, 6) is 2.98. The van der Waals surface area contributed by atoms with Gasteiger partial charge in [-0.3, -0.25) is 4.90 Å². The van der Waals surface area contributed by atoms with Crippen LogP contribution in [0.4, 0.5) is 0 Å². The maximum Gasteiger partial charge on any atom is 0.133 e. The van der Waals surface area contributed by atoms with Crippen molar-refractivity contribution in [2.75, 3.05) is 20.3 Å². The molecule has 1 unspecified atom stereocenters. The predicted molar refractivity (Wildman–Crippen MR) is 92.1 cm³/mol. The van der Waals surface area contributed by atoms with E-state index in [9.17, 15) is 0 Å². The van der Waals surface area contributed by atoms with Gasteiger partial charge in [-0.1, -0.05) is 6.07 Å². The molecule has 1 aromatic carbocycles. The molecule has 24 heavy (non-hydrogen) atoms. The van der Waals surface area contributed by atoms with Crippen LogP contribution in [0.15, 0.2) is 34.7 Å². The SMILES string of the molecule is COc1ccc2c(c1)CCN(Cc1ccc(C3CCCCO3)o1)C2. The van der Waals surface area contributed by atoms with Crippen molar-refractivity contribution in [2.45, 2.75) is 44.9 Å². The number of rotatable bonds is 4. The first kappa shape index (κ1) is 15.7. The van der Waals surface area contributed by atoms with E-state index in [-0.39, 0.29) is 6.10 Å². The molecule has 0 radical (unpaired) electrons. The van der Waals surface area contributed by atoms with Gasteiger partial charge < -0.3 is 13.9 Å². The van der Waals surface area contributed by atoms with Gasteiger partial charge in [0, 0.05) is 19.7 Å². The fourth-order valence-electron chi connectivity index (χ4n) is 3.69. The van der Waals surface area contributed by atoms with Crippen LogP contribution in [0.5, 0.6) is 5.75 Å². The lowest BCUT2D eigenvalue weighted by Gasteiger charge is -2.28. The normalized spacial score (nSPS) is 21.5. The van der Waals surface area contributed by atoms with Crippen molar-refractivity contribution in [3.63, 3.8) is 0 Å². The molecular formula is C20H25NO3. The highest BCUT2D eigenvalue weighted by Gasteiger charge is 2.21. The fraction of sp³-hybridized carbons (Fsp3) is 0.500. The third-order valence-corrected chi connectivity index (χ3v) is 5.06. The zero-order valence-corrected chi connectivity index (χ0v) is 14.3. The summed E-state index contributed by atoms with van der Waals surface area (Å²) >= 11 is 0. The Bertz CT molecular complexity index is 688. The quantitative estimate of drug-likeness (QED) is 0.847. The van der Waals surface area contributed by atoms with Gasteiger partial charge >= 0.3 is 0 Å². The van der Waals surface area contributed by atoms with E-state index in [0.717, 1.165) is 56.4 Å². The molecular weight excluding hydrogens is 302 g/mol. The van der Waals surface area contributed by atoms with Gasteiger partial charge in [0.1, 0.15) is 23.4 Å². The topological polar surface area (TPSA) is 34.8 Å². The van der Waals surface area contributed by atoms with Gasteiger partial charge in [-0.15, -0.1) is 0 Å². The number of hydrogen-bond acceptors (Lipinski definition) is 4. The number of ether oxygens (including phenoxy) is 2. The van der Waals surface area contributed by atoms with Crippen LogP contribution in [-0.2, 0) is 24.2 Å². The molecule has 0 amide bonds. The minimum Gasteiger partial charge on any atom is -0.497 e. The van der Waals surface area contributed by atoms with Crippen LogP contribution in [0, 0.1) is 0 Å². The molecule has 0 N–H and O–H groups in total. The second-order valence-electron chi connectivity index (χ2n) is 6.75.